The summed E-state index contributed by atoms with van der Waals surface area (Å²) >= 11 is 0. The van der Waals surface area contributed by atoms with Crippen molar-refractivity contribution < 1.29 is 4.79 Å². The molecule has 1 unspecified atom stereocenters. The van der Waals surface area contributed by atoms with Gasteiger partial charge in [0.25, 0.3) is 0 Å². The molecule has 1 amide bonds. The number of benzene rings is 1. The van der Waals surface area contributed by atoms with Crippen LogP contribution in [0.1, 0.15) is 18.9 Å². The monoisotopic (exact) mass is 247 g/mol. The van der Waals surface area contributed by atoms with Crippen LogP contribution in [0.2, 0.25) is 0 Å². The number of hydrogen-bond donors (Lipinski definition) is 3. The maximum Gasteiger partial charge on any atom is 0.242 e. The summed E-state index contributed by atoms with van der Waals surface area (Å²) in [5.74, 6) is 0.0470. The van der Waals surface area contributed by atoms with E-state index in [0.29, 0.717) is 6.54 Å². The molecule has 3 N–H and O–H groups in total. The Morgan fingerprint density at radius 1 is 1.39 bits per heavy atom. The van der Waals surface area contributed by atoms with Crippen molar-refractivity contribution in [3.63, 3.8) is 0 Å². The molecule has 1 fully saturated rings. The number of carbonyl (C=O) groups excluding carboxylic acids is 1. The number of rotatable bonds is 4. The third-order valence-corrected chi connectivity index (χ3v) is 3.15. The SMILES string of the molecule is CCCc1ccccc1NC(=O)C1CNCCN1. The molecule has 4 nitrogen and oxygen atoms in total. The molecular formula is C14H21N3O. The normalized spacial score (nSPS) is 19.5. The minimum Gasteiger partial charge on any atom is -0.324 e. The van der Waals surface area contributed by atoms with Crippen LogP contribution in [0, 0.1) is 0 Å². The Labute approximate surface area is 108 Å². The molecule has 1 atom stereocenters. The quantitative estimate of drug-likeness (QED) is 0.748. The van der Waals surface area contributed by atoms with Gasteiger partial charge in [-0.25, -0.2) is 0 Å². The Morgan fingerprint density at radius 2 is 2.22 bits per heavy atom. The third-order valence-electron chi connectivity index (χ3n) is 3.15. The molecular weight excluding hydrogens is 226 g/mol. The number of carbonyl (C=O) groups is 1. The van der Waals surface area contributed by atoms with Gasteiger partial charge in [0.05, 0.1) is 6.04 Å². The Hall–Kier alpha value is -1.39. The zero-order valence-corrected chi connectivity index (χ0v) is 10.8. The lowest BCUT2D eigenvalue weighted by Gasteiger charge is -2.24. The molecule has 0 saturated carbocycles. The van der Waals surface area contributed by atoms with Crippen LogP contribution in [-0.4, -0.2) is 31.6 Å². The van der Waals surface area contributed by atoms with Crippen LogP contribution < -0.4 is 16.0 Å². The fourth-order valence-corrected chi connectivity index (χ4v) is 2.19. The second-order valence-electron chi connectivity index (χ2n) is 4.61. The van der Waals surface area contributed by atoms with Gasteiger partial charge < -0.3 is 16.0 Å². The lowest BCUT2D eigenvalue weighted by molar-refractivity contribution is -0.118. The maximum atomic E-state index is 12.1. The Balaban J connectivity index is 2.01. The summed E-state index contributed by atoms with van der Waals surface area (Å²) in [6.45, 7) is 4.61. The van der Waals surface area contributed by atoms with Gasteiger partial charge in [-0.1, -0.05) is 31.5 Å². The number of piperazine rings is 1. The third kappa shape index (κ3) is 3.31. The number of nitrogens with one attached hydrogen (secondary N) is 3. The number of anilines is 1. The molecule has 98 valence electrons. The van der Waals surface area contributed by atoms with Crippen LogP contribution in [0.4, 0.5) is 5.69 Å². The van der Waals surface area contributed by atoms with Gasteiger partial charge in [-0.3, -0.25) is 4.79 Å². The van der Waals surface area contributed by atoms with Crippen molar-refractivity contribution in [2.75, 3.05) is 25.0 Å². The molecule has 1 aliphatic heterocycles. The van der Waals surface area contributed by atoms with E-state index < -0.39 is 0 Å². The first-order chi connectivity index (χ1) is 8.81. The summed E-state index contributed by atoms with van der Waals surface area (Å²) in [4.78, 5) is 12.1. The highest BCUT2D eigenvalue weighted by Gasteiger charge is 2.20. The predicted molar refractivity (Wildman–Crippen MR) is 73.7 cm³/mol. The van der Waals surface area contributed by atoms with E-state index in [9.17, 15) is 4.79 Å². The van der Waals surface area contributed by atoms with Crippen molar-refractivity contribution in [1.29, 1.82) is 0 Å². The largest absolute Gasteiger partial charge is 0.324 e. The smallest absolute Gasteiger partial charge is 0.242 e. The summed E-state index contributed by atoms with van der Waals surface area (Å²) in [5.41, 5.74) is 2.15. The molecule has 1 aromatic rings. The topological polar surface area (TPSA) is 53.2 Å². The van der Waals surface area contributed by atoms with E-state index in [2.05, 4.69) is 28.9 Å². The molecule has 18 heavy (non-hydrogen) atoms. The van der Waals surface area contributed by atoms with Crippen LogP contribution in [0.25, 0.3) is 0 Å². The van der Waals surface area contributed by atoms with Crippen molar-refractivity contribution in [2.45, 2.75) is 25.8 Å². The van der Waals surface area contributed by atoms with Crippen molar-refractivity contribution in [3.8, 4) is 0 Å². The van der Waals surface area contributed by atoms with Gasteiger partial charge in [-0.2, -0.15) is 0 Å². The second-order valence-corrected chi connectivity index (χ2v) is 4.61. The van der Waals surface area contributed by atoms with Gasteiger partial charge in [-0.05, 0) is 18.1 Å². The van der Waals surface area contributed by atoms with E-state index in [-0.39, 0.29) is 11.9 Å². The second kappa shape index (κ2) is 6.52. The van der Waals surface area contributed by atoms with Gasteiger partial charge in [0, 0.05) is 25.3 Å². The van der Waals surface area contributed by atoms with Crippen molar-refractivity contribution in [1.82, 2.24) is 10.6 Å². The van der Waals surface area contributed by atoms with Crippen LogP contribution in [-0.2, 0) is 11.2 Å². The highest BCUT2D eigenvalue weighted by Crippen LogP contribution is 2.17. The summed E-state index contributed by atoms with van der Waals surface area (Å²) in [7, 11) is 0. The Morgan fingerprint density at radius 3 is 2.94 bits per heavy atom. The van der Waals surface area contributed by atoms with E-state index in [1.807, 2.05) is 18.2 Å². The molecule has 1 heterocycles. The summed E-state index contributed by atoms with van der Waals surface area (Å²) in [6, 6.07) is 7.89. The number of hydrogen-bond acceptors (Lipinski definition) is 3. The highest BCUT2D eigenvalue weighted by atomic mass is 16.2. The van der Waals surface area contributed by atoms with Crippen LogP contribution >= 0.6 is 0 Å². The number of para-hydroxylation sites is 1. The van der Waals surface area contributed by atoms with Gasteiger partial charge >= 0.3 is 0 Å². The van der Waals surface area contributed by atoms with Crippen molar-refractivity contribution >= 4 is 11.6 Å². The summed E-state index contributed by atoms with van der Waals surface area (Å²) in [6.07, 6.45) is 2.07. The first kappa shape index (κ1) is 13.1. The first-order valence-electron chi connectivity index (χ1n) is 6.64. The molecule has 4 heteroatoms. The van der Waals surface area contributed by atoms with Crippen molar-refractivity contribution in [2.24, 2.45) is 0 Å². The van der Waals surface area contributed by atoms with E-state index in [1.165, 1.54) is 5.56 Å². The minimum atomic E-state index is -0.131. The molecule has 1 aromatic carbocycles. The van der Waals surface area contributed by atoms with Crippen LogP contribution in [0.5, 0.6) is 0 Å². The molecule has 0 bridgehead atoms. The molecule has 0 spiro atoms. The zero-order chi connectivity index (χ0) is 12.8. The molecule has 0 aliphatic carbocycles. The summed E-state index contributed by atoms with van der Waals surface area (Å²) in [5, 5.41) is 9.46. The van der Waals surface area contributed by atoms with E-state index >= 15 is 0 Å². The molecule has 1 aliphatic rings. The molecule has 2 rings (SSSR count). The molecule has 0 radical (unpaired) electrons. The average Bonchev–Trinajstić information content (AvgIpc) is 2.42. The lowest BCUT2D eigenvalue weighted by atomic mass is 10.1. The fourth-order valence-electron chi connectivity index (χ4n) is 2.19. The first-order valence-corrected chi connectivity index (χ1v) is 6.64. The van der Waals surface area contributed by atoms with E-state index in [1.54, 1.807) is 0 Å². The lowest BCUT2D eigenvalue weighted by Crippen LogP contribution is -2.54. The van der Waals surface area contributed by atoms with Crippen molar-refractivity contribution in [3.05, 3.63) is 29.8 Å². The standard InChI is InChI=1S/C14H21N3O/c1-2-5-11-6-3-4-7-12(11)17-14(18)13-10-15-8-9-16-13/h3-4,6-7,13,15-16H,2,5,8-10H2,1H3,(H,17,18). The van der Waals surface area contributed by atoms with E-state index in [4.69, 9.17) is 0 Å². The van der Waals surface area contributed by atoms with Crippen LogP contribution in [0.15, 0.2) is 24.3 Å². The Kier molecular flexibility index (Phi) is 4.73. The van der Waals surface area contributed by atoms with Gasteiger partial charge in [0.1, 0.15) is 0 Å². The minimum absolute atomic E-state index is 0.0470. The average molecular weight is 247 g/mol. The zero-order valence-electron chi connectivity index (χ0n) is 10.8. The Bertz CT molecular complexity index is 400. The number of aryl methyl sites for hydroxylation is 1. The fraction of sp³-hybridized carbons (Fsp3) is 0.500. The molecule has 1 saturated heterocycles. The summed E-state index contributed by atoms with van der Waals surface area (Å²) < 4.78 is 0. The highest BCUT2D eigenvalue weighted by molar-refractivity contribution is 5.95. The molecule has 0 aromatic heterocycles. The van der Waals surface area contributed by atoms with Gasteiger partial charge in [-0.15, -0.1) is 0 Å². The predicted octanol–water partition coefficient (Wildman–Crippen LogP) is 1.14. The van der Waals surface area contributed by atoms with Gasteiger partial charge in [0.15, 0.2) is 0 Å². The number of amides is 1. The maximum absolute atomic E-state index is 12.1. The van der Waals surface area contributed by atoms with Gasteiger partial charge in [0.2, 0.25) is 5.91 Å². The van der Waals surface area contributed by atoms with Crippen LogP contribution in [0.3, 0.4) is 0 Å². The van der Waals surface area contributed by atoms with E-state index in [0.717, 1.165) is 31.6 Å².